The molecule has 1 aromatic carbocycles. The molecule has 1 aliphatic heterocycles. The quantitative estimate of drug-likeness (QED) is 0.783. The number of fused-ring (bicyclic) bond motifs is 2. The number of anilines is 2. The van der Waals surface area contributed by atoms with Gasteiger partial charge in [-0.1, -0.05) is 29.5 Å². The summed E-state index contributed by atoms with van der Waals surface area (Å²) in [5, 5.41) is 9.13. The minimum absolute atomic E-state index is 0.0410. The molecular weight excluding hydrogens is 288 g/mol. The van der Waals surface area contributed by atoms with Crippen molar-refractivity contribution in [2.75, 3.05) is 11.4 Å². The molecule has 0 bridgehead atoms. The molecule has 0 radical (unpaired) electrons. The second-order valence-corrected chi connectivity index (χ2v) is 5.68. The molecule has 0 spiro atoms. The van der Waals surface area contributed by atoms with Crippen LogP contribution in [0.1, 0.15) is 15.4 Å². The summed E-state index contributed by atoms with van der Waals surface area (Å²) in [5.41, 5.74) is 2.91. The van der Waals surface area contributed by atoms with Crippen LogP contribution in [0.2, 0.25) is 0 Å². The highest BCUT2D eigenvalue weighted by Crippen LogP contribution is 2.36. The first-order valence-corrected chi connectivity index (χ1v) is 7.26. The summed E-state index contributed by atoms with van der Waals surface area (Å²) in [4.78, 5) is 26.4. The van der Waals surface area contributed by atoms with Gasteiger partial charge in [-0.2, -0.15) is 0 Å². The average Bonchev–Trinajstić information content (AvgIpc) is 3.11. The summed E-state index contributed by atoms with van der Waals surface area (Å²) >= 11 is 1.07. The first-order chi connectivity index (χ1) is 10.2. The fourth-order valence-corrected chi connectivity index (χ4v) is 3.33. The van der Waals surface area contributed by atoms with E-state index >= 15 is 0 Å². The minimum atomic E-state index is -1.04. The standard InChI is InChI=1S/C14H10N4O2S/c19-14(20)13-17-10-11(15-7-16-12(10)21-13)18-6-5-8-3-1-2-4-9(8)18/h1-4,7H,5-6H2,(H,19,20). The second-order valence-electron chi connectivity index (χ2n) is 4.71. The molecule has 1 N–H and O–H groups in total. The molecule has 6 nitrogen and oxygen atoms in total. The Morgan fingerprint density at radius 2 is 2.14 bits per heavy atom. The Kier molecular flexibility index (Phi) is 2.61. The van der Waals surface area contributed by atoms with Crippen LogP contribution in [0.5, 0.6) is 0 Å². The number of para-hydroxylation sites is 1. The van der Waals surface area contributed by atoms with Gasteiger partial charge in [0.05, 0.1) is 0 Å². The summed E-state index contributed by atoms with van der Waals surface area (Å²) in [6.45, 7) is 0.811. The van der Waals surface area contributed by atoms with Crippen molar-refractivity contribution in [1.29, 1.82) is 0 Å². The molecule has 0 aliphatic carbocycles. The number of aromatic carboxylic acids is 1. The van der Waals surface area contributed by atoms with Gasteiger partial charge in [-0.3, -0.25) is 0 Å². The molecular formula is C14H10N4O2S. The molecule has 0 amide bonds. The summed E-state index contributed by atoms with van der Waals surface area (Å²) < 4.78 is 0. The molecule has 0 fully saturated rings. The third-order valence-corrected chi connectivity index (χ3v) is 4.45. The minimum Gasteiger partial charge on any atom is -0.476 e. The van der Waals surface area contributed by atoms with E-state index in [9.17, 15) is 4.79 Å². The zero-order chi connectivity index (χ0) is 14.4. The molecule has 2 aromatic heterocycles. The van der Waals surface area contributed by atoms with Crippen molar-refractivity contribution in [2.45, 2.75) is 6.42 Å². The van der Waals surface area contributed by atoms with Gasteiger partial charge in [-0.25, -0.2) is 19.7 Å². The van der Waals surface area contributed by atoms with Crippen molar-refractivity contribution in [3.63, 3.8) is 0 Å². The van der Waals surface area contributed by atoms with Gasteiger partial charge in [0.25, 0.3) is 0 Å². The highest BCUT2D eigenvalue weighted by atomic mass is 32.1. The lowest BCUT2D eigenvalue weighted by atomic mass is 10.2. The van der Waals surface area contributed by atoms with Crippen molar-refractivity contribution in [1.82, 2.24) is 15.0 Å². The van der Waals surface area contributed by atoms with Gasteiger partial charge in [0.1, 0.15) is 16.7 Å². The number of aromatic nitrogens is 3. The molecule has 7 heteroatoms. The van der Waals surface area contributed by atoms with Gasteiger partial charge >= 0.3 is 5.97 Å². The van der Waals surface area contributed by atoms with Crippen LogP contribution in [0.25, 0.3) is 10.3 Å². The molecule has 4 rings (SSSR count). The number of rotatable bonds is 2. The van der Waals surface area contributed by atoms with E-state index in [1.165, 1.54) is 11.9 Å². The van der Waals surface area contributed by atoms with Gasteiger partial charge in [0, 0.05) is 12.2 Å². The van der Waals surface area contributed by atoms with E-state index in [-0.39, 0.29) is 5.01 Å². The van der Waals surface area contributed by atoms with Crippen LogP contribution in [0.4, 0.5) is 11.5 Å². The van der Waals surface area contributed by atoms with Crippen LogP contribution in [0.3, 0.4) is 0 Å². The number of hydrogen-bond donors (Lipinski definition) is 1. The largest absolute Gasteiger partial charge is 0.476 e. The lowest BCUT2D eigenvalue weighted by Gasteiger charge is -2.18. The van der Waals surface area contributed by atoms with E-state index in [1.807, 2.05) is 18.2 Å². The van der Waals surface area contributed by atoms with Crippen molar-refractivity contribution >= 4 is 39.2 Å². The average molecular weight is 298 g/mol. The number of carboxylic acids is 1. The topological polar surface area (TPSA) is 79.2 Å². The maximum Gasteiger partial charge on any atom is 0.365 e. The lowest BCUT2D eigenvalue weighted by Crippen LogP contribution is -2.15. The van der Waals surface area contributed by atoms with Gasteiger partial charge < -0.3 is 10.0 Å². The van der Waals surface area contributed by atoms with Crippen LogP contribution in [0.15, 0.2) is 30.6 Å². The van der Waals surface area contributed by atoms with Crippen LogP contribution < -0.4 is 4.90 Å². The molecule has 104 valence electrons. The van der Waals surface area contributed by atoms with Crippen molar-refractivity contribution < 1.29 is 9.90 Å². The highest BCUT2D eigenvalue weighted by molar-refractivity contribution is 7.19. The van der Waals surface area contributed by atoms with E-state index in [4.69, 9.17) is 5.11 Å². The van der Waals surface area contributed by atoms with E-state index in [0.717, 1.165) is 30.0 Å². The zero-order valence-corrected chi connectivity index (χ0v) is 11.7. The number of thiazole rings is 1. The van der Waals surface area contributed by atoms with Crippen molar-refractivity contribution in [3.05, 3.63) is 41.2 Å². The molecule has 1 aliphatic rings. The maximum atomic E-state index is 11.1. The fourth-order valence-electron chi connectivity index (χ4n) is 2.59. The predicted octanol–water partition coefficient (Wildman–Crippen LogP) is 2.48. The zero-order valence-electron chi connectivity index (χ0n) is 10.9. The van der Waals surface area contributed by atoms with E-state index in [0.29, 0.717) is 16.2 Å². The Balaban J connectivity index is 1.90. The van der Waals surface area contributed by atoms with Crippen LogP contribution in [0, 0.1) is 0 Å². The fraction of sp³-hybridized carbons (Fsp3) is 0.143. The number of carbonyl (C=O) groups is 1. The predicted molar refractivity (Wildman–Crippen MR) is 79.3 cm³/mol. The first-order valence-electron chi connectivity index (χ1n) is 6.44. The second kappa shape index (κ2) is 4.49. The Morgan fingerprint density at radius 1 is 1.29 bits per heavy atom. The number of nitrogens with zero attached hydrogens (tertiary/aromatic N) is 4. The van der Waals surface area contributed by atoms with Gasteiger partial charge in [0.2, 0.25) is 5.01 Å². The Bertz CT molecular complexity index is 861. The molecule has 3 heterocycles. The van der Waals surface area contributed by atoms with E-state index < -0.39 is 5.97 Å². The summed E-state index contributed by atoms with van der Waals surface area (Å²) in [7, 11) is 0. The van der Waals surface area contributed by atoms with Crippen LogP contribution in [-0.2, 0) is 6.42 Å². The Labute approximate surface area is 123 Å². The molecule has 0 saturated heterocycles. The Morgan fingerprint density at radius 3 is 3.00 bits per heavy atom. The third-order valence-electron chi connectivity index (χ3n) is 3.50. The summed E-state index contributed by atoms with van der Waals surface area (Å²) in [5.74, 6) is -0.362. The molecule has 3 aromatic rings. The van der Waals surface area contributed by atoms with Gasteiger partial charge in [-0.05, 0) is 18.1 Å². The smallest absolute Gasteiger partial charge is 0.365 e. The van der Waals surface area contributed by atoms with Crippen LogP contribution in [-0.4, -0.2) is 32.6 Å². The molecule has 0 atom stereocenters. The molecule has 21 heavy (non-hydrogen) atoms. The molecule has 0 unspecified atom stereocenters. The molecule has 0 saturated carbocycles. The van der Waals surface area contributed by atoms with Gasteiger partial charge in [-0.15, -0.1) is 0 Å². The summed E-state index contributed by atoms with van der Waals surface area (Å²) in [6, 6.07) is 8.14. The van der Waals surface area contributed by atoms with E-state index in [2.05, 4.69) is 25.9 Å². The SMILES string of the molecule is O=C(O)c1nc2c(N3CCc4ccccc43)ncnc2s1. The van der Waals surface area contributed by atoms with E-state index in [1.54, 1.807) is 0 Å². The van der Waals surface area contributed by atoms with Crippen molar-refractivity contribution in [3.8, 4) is 0 Å². The van der Waals surface area contributed by atoms with Crippen molar-refractivity contribution in [2.24, 2.45) is 0 Å². The third kappa shape index (κ3) is 1.85. The number of benzene rings is 1. The highest BCUT2D eigenvalue weighted by Gasteiger charge is 2.25. The number of carboxylic acid groups (broad SMARTS) is 1. The maximum absolute atomic E-state index is 11.1. The normalized spacial score (nSPS) is 13.6. The van der Waals surface area contributed by atoms with Gasteiger partial charge in [0.15, 0.2) is 5.82 Å². The van der Waals surface area contributed by atoms with Crippen LogP contribution >= 0.6 is 11.3 Å². The number of hydrogen-bond acceptors (Lipinski definition) is 6. The summed E-state index contributed by atoms with van der Waals surface area (Å²) in [6.07, 6.45) is 2.40. The lowest BCUT2D eigenvalue weighted by molar-refractivity contribution is 0.0696. The Hall–Kier alpha value is -2.54. The first kappa shape index (κ1) is 12.2. The monoisotopic (exact) mass is 298 g/mol.